The third-order valence-electron chi connectivity index (χ3n) is 4.72. The Morgan fingerprint density at radius 1 is 1.17 bits per heavy atom. The van der Waals surface area contributed by atoms with Crippen molar-refractivity contribution >= 4 is 12.0 Å². The van der Waals surface area contributed by atoms with Crippen LogP contribution in [0, 0.1) is 0 Å². The van der Waals surface area contributed by atoms with Gasteiger partial charge in [0.25, 0.3) is 0 Å². The Morgan fingerprint density at radius 2 is 1.87 bits per heavy atom. The van der Waals surface area contributed by atoms with Gasteiger partial charge in [0, 0.05) is 18.2 Å². The van der Waals surface area contributed by atoms with E-state index in [0.29, 0.717) is 12.1 Å². The van der Waals surface area contributed by atoms with Gasteiger partial charge in [0.05, 0.1) is 13.2 Å². The molecule has 0 aliphatic rings. The number of likely N-dealkylation sites (N-methyl/N-ethyl adjacent to an activating group) is 1. The third-order valence-corrected chi connectivity index (χ3v) is 4.72. The summed E-state index contributed by atoms with van der Waals surface area (Å²) in [5, 5.41) is 2.86. The lowest BCUT2D eigenvalue weighted by Gasteiger charge is -2.25. The van der Waals surface area contributed by atoms with Crippen LogP contribution in [0.25, 0.3) is 6.08 Å². The minimum absolute atomic E-state index is 0.00260. The van der Waals surface area contributed by atoms with Crippen molar-refractivity contribution in [2.75, 3.05) is 27.7 Å². The van der Waals surface area contributed by atoms with Crippen LogP contribution in [0.1, 0.15) is 29.7 Å². The smallest absolute Gasteiger partial charge is 0.387 e. The summed E-state index contributed by atoms with van der Waals surface area (Å²) in [4.78, 5) is 14.4. The van der Waals surface area contributed by atoms with Crippen LogP contribution in [0.2, 0.25) is 0 Å². The van der Waals surface area contributed by atoms with Gasteiger partial charge in [0.2, 0.25) is 5.91 Å². The lowest BCUT2D eigenvalue weighted by atomic mass is 10.0. The minimum Gasteiger partial charge on any atom is -0.493 e. The van der Waals surface area contributed by atoms with E-state index in [-0.39, 0.29) is 23.4 Å². The molecular formula is C23H28F2N2O3. The van der Waals surface area contributed by atoms with Crippen molar-refractivity contribution in [1.82, 2.24) is 10.2 Å². The number of nitrogens with zero attached hydrogens (tertiary/aromatic N) is 1. The molecule has 1 unspecified atom stereocenters. The van der Waals surface area contributed by atoms with Crippen molar-refractivity contribution in [2.45, 2.75) is 26.0 Å². The van der Waals surface area contributed by atoms with Crippen LogP contribution in [0.15, 0.2) is 48.5 Å². The number of alkyl halides is 2. The average molecular weight is 418 g/mol. The topological polar surface area (TPSA) is 50.8 Å². The summed E-state index contributed by atoms with van der Waals surface area (Å²) >= 11 is 0. The summed E-state index contributed by atoms with van der Waals surface area (Å²) in [6.07, 6.45) is 3.69. The Hall–Kier alpha value is -2.93. The molecule has 30 heavy (non-hydrogen) atoms. The van der Waals surface area contributed by atoms with E-state index in [1.54, 1.807) is 12.1 Å². The fourth-order valence-corrected chi connectivity index (χ4v) is 3.04. The van der Waals surface area contributed by atoms with Crippen LogP contribution in [-0.2, 0) is 11.2 Å². The molecule has 2 aromatic carbocycles. The predicted octanol–water partition coefficient (Wildman–Crippen LogP) is 4.29. The number of nitrogens with one attached hydrogen (secondary N) is 1. The van der Waals surface area contributed by atoms with E-state index in [1.807, 2.05) is 19.0 Å². The fourth-order valence-electron chi connectivity index (χ4n) is 3.04. The maximum absolute atomic E-state index is 12.7. The average Bonchev–Trinajstić information content (AvgIpc) is 2.72. The number of carbonyl (C=O) groups excluding carboxylic acids is 1. The van der Waals surface area contributed by atoms with Gasteiger partial charge in [-0.15, -0.1) is 0 Å². The normalized spacial score (nSPS) is 12.4. The molecule has 1 atom stereocenters. The van der Waals surface area contributed by atoms with Crippen molar-refractivity contribution in [3.63, 3.8) is 0 Å². The summed E-state index contributed by atoms with van der Waals surface area (Å²) in [6.45, 7) is -0.493. The number of rotatable bonds is 10. The maximum Gasteiger partial charge on any atom is 0.387 e. The second kappa shape index (κ2) is 11.3. The molecule has 2 rings (SSSR count). The number of para-hydroxylation sites is 1. The van der Waals surface area contributed by atoms with Gasteiger partial charge >= 0.3 is 6.61 Å². The molecule has 0 aromatic heterocycles. The van der Waals surface area contributed by atoms with Gasteiger partial charge in [-0.3, -0.25) is 4.79 Å². The van der Waals surface area contributed by atoms with E-state index in [1.165, 1.54) is 30.9 Å². The monoisotopic (exact) mass is 418 g/mol. The number of halogens is 2. The number of benzene rings is 2. The summed E-state index contributed by atoms with van der Waals surface area (Å²) in [5.41, 5.74) is 2.68. The Labute approximate surface area is 176 Å². The fraction of sp³-hybridized carbons (Fsp3) is 0.348. The maximum atomic E-state index is 12.7. The zero-order valence-electron chi connectivity index (χ0n) is 17.7. The number of methoxy groups -OCH3 is 1. The molecule has 0 aliphatic heterocycles. The van der Waals surface area contributed by atoms with Crippen LogP contribution in [0.4, 0.5) is 8.78 Å². The summed E-state index contributed by atoms with van der Waals surface area (Å²) in [5.74, 6) is -0.278. The quantitative estimate of drug-likeness (QED) is 0.585. The van der Waals surface area contributed by atoms with Gasteiger partial charge in [-0.1, -0.05) is 43.3 Å². The van der Waals surface area contributed by atoms with Crippen molar-refractivity contribution in [1.29, 1.82) is 0 Å². The van der Waals surface area contributed by atoms with Gasteiger partial charge in [-0.25, -0.2) is 0 Å². The lowest BCUT2D eigenvalue weighted by Crippen LogP contribution is -2.33. The number of hydrogen-bond acceptors (Lipinski definition) is 4. The van der Waals surface area contributed by atoms with E-state index in [9.17, 15) is 13.6 Å². The summed E-state index contributed by atoms with van der Waals surface area (Å²) in [6, 6.07) is 13.0. The second-order valence-corrected chi connectivity index (χ2v) is 6.91. The summed E-state index contributed by atoms with van der Waals surface area (Å²) < 4.78 is 35.1. The van der Waals surface area contributed by atoms with Crippen LogP contribution in [-0.4, -0.2) is 45.2 Å². The van der Waals surface area contributed by atoms with Crippen molar-refractivity contribution in [2.24, 2.45) is 0 Å². The SMILES string of the molecule is CCc1ccc(C(CNC(=O)C=Cc2cccc(OC)c2OC(F)F)N(C)C)cc1. The molecule has 1 N–H and O–H groups in total. The molecule has 0 aliphatic carbocycles. The number of aryl methyl sites for hydroxylation is 1. The first-order valence-electron chi connectivity index (χ1n) is 9.68. The molecule has 1 amide bonds. The van der Waals surface area contributed by atoms with E-state index in [4.69, 9.17) is 4.74 Å². The Morgan fingerprint density at radius 3 is 2.43 bits per heavy atom. The molecule has 0 radical (unpaired) electrons. The van der Waals surface area contributed by atoms with Crippen molar-refractivity contribution < 1.29 is 23.0 Å². The Bertz CT molecular complexity index is 852. The first-order chi connectivity index (χ1) is 14.3. The van der Waals surface area contributed by atoms with Gasteiger partial charge in [0.1, 0.15) is 0 Å². The molecule has 0 saturated carbocycles. The van der Waals surface area contributed by atoms with E-state index in [2.05, 4.69) is 41.2 Å². The van der Waals surface area contributed by atoms with E-state index in [0.717, 1.165) is 12.0 Å². The molecule has 162 valence electrons. The number of ether oxygens (including phenoxy) is 2. The first-order valence-corrected chi connectivity index (χ1v) is 9.68. The molecule has 0 heterocycles. The standard InChI is InChI=1S/C23H28F2N2O3/c1-5-16-9-11-17(12-10-16)19(27(2)3)15-26-21(28)14-13-18-7-6-8-20(29-4)22(18)30-23(24)25/h6-14,19,23H,5,15H2,1-4H3,(H,26,28). The highest BCUT2D eigenvalue weighted by molar-refractivity contribution is 5.92. The van der Waals surface area contributed by atoms with Gasteiger partial charge in [0.15, 0.2) is 11.5 Å². The van der Waals surface area contributed by atoms with E-state index < -0.39 is 6.61 Å². The highest BCUT2D eigenvalue weighted by Crippen LogP contribution is 2.33. The highest BCUT2D eigenvalue weighted by atomic mass is 19.3. The molecule has 0 bridgehead atoms. The van der Waals surface area contributed by atoms with Crippen molar-refractivity contribution in [3.05, 3.63) is 65.2 Å². The molecule has 0 fully saturated rings. The zero-order chi connectivity index (χ0) is 22.1. The Balaban J connectivity index is 2.08. The van der Waals surface area contributed by atoms with Crippen LogP contribution < -0.4 is 14.8 Å². The molecule has 0 spiro atoms. The zero-order valence-corrected chi connectivity index (χ0v) is 17.7. The number of carbonyl (C=O) groups is 1. The van der Waals surface area contributed by atoms with Crippen LogP contribution >= 0.6 is 0 Å². The summed E-state index contributed by atoms with van der Waals surface area (Å²) in [7, 11) is 5.26. The highest BCUT2D eigenvalue weighted by Gasteiger charge is 2.16. The molecule has 5 nitrogen and oxygen atoms in total. The molecule has 2 aromatic rings. The lowest BCUT2D eigenvalue weighted by molar-refractivity contribution is -0.116. The predicted molar refractivity (Wildman–Crippen MR) is 114 cm³/mol. The number of amides is 1. The molecule has 0 saturated heterocycles. The van der Waals surface area contributed by atoms with Gasteiger partial charge < -0.3 is 19.7 Å². The molecular weight excluding hydrogens is 390 g/mol. The van der Waals surface area contributed by atoms with Gasteiger partial charge in [-0.2, -0.15) is 8.78 Å². The van der Waals surface area contributed by atoms with Crippen LogP contribution in [0.5, 0.6) is 11.5 Å². The second-order valence-electron chi connectivity index (χ2n) is 6.91. The van der Waals surface area contributed by atoms with E-state index >= 15 is 0 Å². The minimum atomic E-state index is -3.00. The number of hydrogen-bond donors (Lipinski definition) is 1. The largest absolute Gasteiger partial charge is 0.493 e. The van der Waals surface area contributed by atoms with Gasteiger partial charge in [-0.05, 0) is 43.8 Å². The first kappa shape index (κ1) is 23.3. The molecule has 7 heteroatoms. The van der Waals surface area contributed by atoms with Crippen molar-refractivity contribution in [3.8, 4) is 11.5 Å². The Kier molecular flexibility index (Phi) is 8.80. The van der Waals surface area contributed by atoms with Crippen LogP contribution in [0.3, 0.4) is 0 Å². The third kappa shape index (κ3) is 6.56.